The van der Waals surface area contributed by atoms with Crippen LogP contribution in [0.25, 0.3) is 6.08 Å². The van der Waals surface area contributed by atoms with Crippen molar-refractivity contribution in [1.82, 2.24) is 0 Å². The SMILES string of the molecule is C=Cc1ccc(COC(=O)c2ccc(C(C)CC)cc2)cc1. The first kappa shape index (κ1) is 16.0. The molecule has 0 fully saturated rings. The highest BCUT2D eigenvalue weighted by molar-refractivity contribution is 5.89. The van der Waals surface area contributed by atoms with E-state index in [0.29, 0.717) is 11.5 Å². The smallest absolute Gasteiger partial charge is 0.338 e. The molecule has 0 N–H and O–H groups in total. The monoisotopic (exact) mass is 294 g/mol. The molecule has 2 rings (SSSR count). The Hall–Kier alpha value is -2.35. The highest BCUT2D eigenvalue weighted by Crippen LogP contribution is 2.19. The standard InChI is InChI=1S/C20H22O2/c1-4-15(3)18-10-12-19(13-11-18)20(21)22-14-17-8-6-16(5-2)7-9-17/h5-13,15H,2,4,14H2,1,3H3. The van der Waals surface area contributed by atoms with Crippen molar-refractivity contribution >= 4 is 12.0 Å². The average Bonchev–Trinajstić information content (AvgIpc) is 2.59. The van der Waals surface area contributed by atoms with Gasteiger partial charge in [-0.25, -0.2) is 4.79 Å². The lowest BCUT2D eigenvalue weighted by Gasteiger charge is -2.10. The molecule has 0 aliphatic carbocycles. The van der Waals surface area contributed by atoms with E-state index in [4.69, 9.17) is 4.74 Å². The minimum atomic E-state index is -0.288. The summed E-state index contributed by atoms with van der Waals surface area (Å²) in [6.45, 7) is 8.33. The van der Waals surface area contributed by atoms with E-state index in [1.807, 2.05) is 48.5 Å². The predicted octanol–water partition coefficient (Wildman–Crippen LogP) is 5.20. The maximum Gasteiger partial charge on any atom is 0.338 e. The number of benzene rings is 2. The molecular weight excluding hydrogens is 272 g/mol. The molecule has 0 heterocycles. The van der Waals surface area contributed by atoms with E-state index in [2.05, 4.69) is 20.4 Å². The van der Waals surface area contributed by atoms with Crippen molar-refractivity contribution < 1.29 is 9.53 Å². The Kier molecular flexibility index (Phi) is 5.54. The summed E-state index contributed by atoms with van der Waals surface area (Å²) in [6.07, 6.45) is 2.87. The summed E-state index contributed by atoms with van der Waals surface area (Å²) in [6, 6.07) is 15.5. The maximum atomic E-state index is 12.1. The minimum absolute atomic E-state index is 0.281. The number of carbonyl (C=O) groups excluding carboxylic acids is 1. The van der Waals surface area contributed by atoms with Gasteiger partial charge in [-0.05, 0) is 41.2 Å². The topological polar surface area (TPSA) is 26.3 Å². The summed E-state index contributed by atoms with van der Waals surface area (Å²) < 4.78 is 5.35. The van der Waals surface area contributed by atoms with E-state index in [9.17, 15) is 4.79 Å². The zero-order valence-electron chi connectivity index (χ0n) is 13.2. The molecule has 1 atom stereocenters. The third kappa shape index (κ3) is 4.08. The molecule has 0 aromatic heterocycles. The molecule has 2 aromatic rings. The predicted molar refractivity (Wildman–Crippen MR) is 90.8 cm³/mol. The maximum absolute atomic E-state index is 12.1. The summed E-state index contributed by atoms with van der Waals surface area (Å²) in [5.74, 6) is 0.219. The van der Waals surface area contributed by atoms with Crippen LogP contribution in [-0.4, -0.2) is 5.97 Å². The van der Waals surface area contributed by atoms with Gasteiger partial charge >= 0.3 is 5.97 Å². The first-order valence-electron chi connectivity index (χ1n) is 7.62. The van der Waals surface area contributed by atoms with Gasteiger partial charge in [0.05, 0.1) is 5.56 Å². The fourth-order valence-electron chi connectivity index (χ4n) is 2.17. The van der Waals surface area contributed by atoms with Gasteiger partial charge in [0.2, 0.25) is 0 Å². The third-order valence-corrected chi connectivity index (χ3v) is 3.91. The van der Waals surface area contributed by atoms with Gasteiger partial charge in [-0.1, -0.05) is 62.9 Å². The molecule has 0 saturated carbocycles. The average molecular weight is 294 g/mol. The molecule has 114 valence electrons. The van der Waals surface area contributed by atoms with Gasteiger partial charge in [0.25, 0.3) is 0 Å². The van der Waals surface area contributed by atoms with Crippen molar-refractivity contribution in [3.05, 3.63) is 77.4 Å². The van der Waals surface area contributed by atoms with Crippen LogP contribution < -0.4 is 0 Å². The Labute approximate surface area is 132 Å². The van der Waals surface area contributed by atoms with Crippen LogP contribution in [0, 0.1) is 0 Å². The number of ether oxygens (including phenoxy) is 1. The molecule has 22 heavy (non-hydrogen) atoms. The van der Waals surface area contributed by atoms with Gasteiger partial charge in [-0.2, -0.15) is 0 Å². The van der Waals surface area contributed by atoms with Gasteiger partial charge in [-0.15, -0.1) is 0 Å². The summed E-state index contributed by atoms with van der Waals surface area (Å²) in [4.78, 5) is 12.1. The van der Waals surface area contributed by atoms with Crippen molar-refractivity contribution in [3.63, 3.8) is 0 Å². The van der Waals surface area contributed by atoms with Gasteiger partial charge in [0.1, 0.15) is 6.61 Å². The van der Waals surface area contributed by atoms with Crippen molar-refractivity contribution in [1.29, 1.82) is 0 Å². The lowest BCUT2D eigenvalue weighted by Crippen LogP contribution is -2.05. The first-order chi connectivity index (χ1) is 10.6. The lowest BCUT2D eigenvalue weighted by molar-refractivity contribution is 0.0472. The molecule has 0 aliphatic heterocycles. The third-order valence-electron chi connectivity index (χ3n) is 3.91. The number of esters is 1. The largest absolute Gasteiger partial charge is 0.457 e. The van der Waals surface area contributed by atoms with Gasteiger partial charge < -0.3 is 4.74 Å². The Morgan fingerprint density at radius 3 is 2.32 bits per heavy atom. The summed E-state index contributed by atoms with van der Waals surface area (Å²) in [5.41, 5.74) is 3.86. The molecule has 0 bridgehead atoms. The minimum Gasteiger partial charge on any atom is -0.457 e. The van der Waals surface area contributed by atoms with Crippen LogP contribution in [0.5, 0.6) is 0 Å². The fraction of sp³-hybridized carbons (Fsp3) is 0.250. The van der Waals surface area contributed by atoms with Crippen LogP contribution in [0.15, 0.2) is 55.1 Å². The first-order valence-corrected chi connectivity index (χ1v) is 7.62. The van der Waals surface area contributed by atoms with Crippen molar-refractivity contribution in [2.75, 3.05) is 0 Å². The van der Waals surface area contributed by atoms with Crippen LogP contribution in [0.3, 0.4) is 0 Å². The Balaban J connectivity index is 1.95. The van der Waals surface area contributed by atoms with E-state index in [-0.39, 0.29) is 12.6 Å². The Morgan fingerprint density at radius 2 is 1.77 bits per heavy atom. The second-order valence-electron chi connectivity index (χ2n) is 5.45. The van der Waals surface area contributed by atoms with Gasteiger partial charge in [-0.3, -0.25) is 0 Å². The molecule has 0 amide bonds. The van der Waals surface area contributed by atoms with Crippen LogP contribution in [0.2, 0.25) is 0 Å². The number of carbonyl (C=O) groups is 1. The zero-order chi connectivity index (χ0) is 15.9. The molecule has 0 radical (unpaired) electrons. The van der Waals surface area contributed by atoms with Crippen LogP contribution in [0.1, 0.15) is 53.2 Å². The van der Waals surface area contributed by atoms with E-state index in [1.54, 1.807) is 6.08 Å². The molecular formula is C20H22O2. The van der Waals surface area contributed by atoms with Gasteiger partial charge in [0, 0.05) is 0 Å². The van der Waals surface area contributed by atoms with Crippen LogP contribution in [-0.2, 0) is 11.3 Å². The molecule has 0 saturated heterocycles. The highest BCUT2D eigenvalue weighted by atomic mass is 16.5. The summed E-state index contributed by atoms with van der Waals surface area (Å²) in [7, 11) is 0. The van der Waals surface area contributed by atoms with Crippen LogP contribution in [0.4, 0.5) is 0 Å². The Bertz CT molecular complexity index is 624. The van der Waals surface area contributed by atoms with E-state index >= 15 is 0 Å². The molecule has 0 spiro atoms. The lowest BCUT2D eigenvalue weighted by atomic mass is 9.98. The fourth-order valence-corrected chi connectivity index (χ4v) is 2.17. The zero-order valence-corrected chi connectivity index (χ0v) is 13.2. The number of hydrogen-bond donors (Lipinski definition) is 0. The van der Waals surface area contributed by atoms with Crippen molar-refractivity contribution in [2.24, 2.45) is 0 Å². The van der Waals surface area contributed by atoms with E-state index in [0.717, 1.165) is 17.5 Å². The summed E-state index contributed by atoms with van der Waals surface area (Å²) >= 11 is 0. The number of rotatable bonds is 6. The van der Waals surface area contributed by atoms with E-state index in [1.165, 1.54) is 5.56 Å². The second kappa shape index (κ2) is 7.60. The molecule has 2 nitrogen and oxygen atoms in total. The number of hydrogen-bond acceptors (Lipinski definition) is 2. The molecule has 0 aliphatic rings. The van der Waals surface area contributed by atoms with Crippen molar-refractivity contribution in [3.8, 4) is 0 Å². The van der Waals surface area contributed by atoms with Crippen LogP contribution >= 0.6 is 0 Å². The summed E-state index contributed by atoms with van der Waals surface area (Å²) in [5, 5.41) is 0. The second-order valence-corrected chi connectivity index (χ2v) is 5.45. The molecule has 1 unspecified atom stereocenters. The highest BCUT2D eigenvalue weighted by Gasteiger charge is 2.09. The molecule has 2 aromatic carbocycles. The molecule has 2 heteroatoms. The Morgan fingerprint density at radius 1 is 1.14 bits per heavy atom. The normalized spacial score (nSPS) is 11.7. The van der Waals surface area contributed by atoms with Crippen molar-refractivity contribution in [2.45, 2.75) is 32.8 Å². The quantitative estimate of drug-likeness (QED) is 0.684. The van der Waals surface area contributed by atoms with Gasteiger partial charge in [0.15, 0.2) is 0 Å². The van der Waals surface area contributed by atoms with E-state index < -0.39 is 0 Å².